The van der Waals surface area contributed by atoms with Crippen molar-refractivity contribution in [3.63, 3.8) is 0 Å². The lowest BCUT2D eigenvalue weighted by atomic mass is 10.2. The molecule has 0 aliphatic rings. The molecule has 0 unspecified atom stereocenters. The lowest BCUT2D eigenvalue weighted by molar-refractivity contribution is 0.0313. The van der Waals surface area contributed by atoms with Gasteiger partial charge in [0.2, 0.25) is 0 Å². The summed E-state index contributed by atoms with van der Waals surface area (Å²) in [5.74, 6) is 0. The van der Waals surface area contributed by atoms with Gasteiger partial charge in [0.25, 0.3) is 10.1 Å². The summed E-state index contributed by atoms with van der Waals surface area (Å²) < 4.78 is 48.0. The Hall–Kier alpha value is -0.550. The second kappa shape index (κ2) is 9.81. The first-order chi connectivity index (χ1) is 11.2. The van der Waals surface area contributed by atoms with E-state index in [-0.39, 0.29) is 11.5 Å². The first kappa shape index (κ1) is 21.5. The summed E-state index contributed by atoms with van der Waals surface area (Å²) in [6, 6.07) is 6.34. The molecule has 0 radical (unpaired) electrons. The predicted octanol–water partition coefficient (Wildman–Crippen LogP) is 4.31. The Labute approximate surface area is 146 Å². The van der Waals surface area contributed by atoms with E-state index < -0.39 is 30.8 Å². The third-order valence-corrected chi connectivity index (χ3v) is 8.07. The second-order valence-corrected chi connectivity index (χ2v) is 11.3. The van der Waals surface area contributed by atoms with Crippen LogP contribution in [0.4, 0.5) is 4.39 Å². The summed E-state index contributed by atoms with van der Waals surface area (Å²) in [6.07, 6.45) is -0.416. The van der Waals surface area contributed by atoms with Gasteiger partial charge in [0, 0.05) is 0 Å². The Bertz CT molecular complexity index is 579. The summed E-state index contributed by atoms with van der Waals surface area (Å²) in [5, 5.41) is 0. The number of aryl methyl sites for hydroxylation is 1. The molecule has 0 saturated heterocycles. The smallest absolute Gasteiger partial charge is 0.297 e. The third kappa shape index (κ3) is 6.75. The molecule has 0 aliphatic carbocycles. The zero-order chi connectivity index (χ0) is 18.3. The van der Waals surface area contributed by atoms with Crippen LogP contribution in [0.1, 0.15) is 33.3 Å². The Morgan fingerprint density at radius 2 is 1.62 bits per heavy atom. The minimum Gasteiger partial charge on any atom is -0.369 e. The third-order valence-electron chi connectivity index (χ3n) is 3.68. The van der Waals surface area contributed by atoms with Gasteiger partial charge in [-0.1, -0.05) is 53.3 Å². The molecule has 1 atom stereocenters. The lowest BCUT2D eigenvalue weighted by Gasteiger charge is -2.27. The van der Waals surface area contributed by atoms with Crippen LogP contribution >= 0.6 is 7.92 Å². The maximum atomic E-state index is 13.1. The Kier molecular flexibility index (Phi) is 8.78. The molecule has 0 fully saturated rings. The van der Waals surface area contributed by atoms with Crippen LogP contribution in [0.15, 0.2) is 29.2 Å². The summed E-state index contributed by atoms with van der Waals surface area (Å²) >= 11 is 0. The van der Waals surface area contributed by atoms with Gasteiger partial charge in [-0.15, -0.1) is 0 Å². The quantitative estimate of drug-likeness (QED) is 0.450. The number of hydrogen-bond donors (Lipinski definition) is 0. The lowest BCUT2D eigenvalue weighted by Crippen LogP contribution is -2.25. The van der Waals surface area contributed by atoms with Gasteiger partial charge < -0.3 is 4.74 Å². The number of benzene rings is 1. The highest BCUT2D eigenvalue weighted by atomic mass is 32.2. The number of alkyl halides is 1. The van der Waals surface area contributed by atoms with E-state index in [1.807, 2.05) is 6.92 Å². The molecule has 0 N–H and O–H groups in total. The average molecular weight is 378 g/mol. The van der Waals surface area contributed by atoms with E-state index in [0.29, 0.717) is 17.7 Å². The van der Waals surface area contributed by atoms with Crippen molar-refractivity contribution in [1.82, 2.24) is 0 Å². The highest BCUT2D eigenvalue weighted by Gasteiger charge is 2.22. The first-order valence-electron chi connectivity index (χ1n) is 8.06. The Morgan fingerprint density at radius 3 is 2.08 bits per heavy atom. The zero-order valence-electron chi connectivity index (χ0n) is 15.0. The number of ether oxygens (including phenoxy) is 1. The van der Waals surface area contributed by atoms with Gasteiger partial charge in [-0.05, 0) is 30.4 Å². The second-order valence-electron chi connectivity index (χ2n) is 6.33. The van der Waals surface area contributed by atoms with Gasteiger partial charge in [0.15, 0.2) is 0 Å². The molecule has 0 bridgehead atoms. The molecule has 0 saturated carbocycles. The van der Waals surface area contributed by atoms with Crippen molar-refractivity contribution in [1.29, 1.82) is 0 Å². The highest BCUT2D eigenvalue weighted by molar-refractivity contribution is 7.86. The number of hydrogen-bond acceptors (Lipinski definition) is 4. The standard InChI is InChI=1S/C17H28FO4PS/c1-13(2)23(14(3)4)12-21-16(10-18)11-22-24(19,20)17-8-6-15(5)7-9-17/h6-9,13-14,16H,10-12H2,1-5H3/t16-/m0/s1. The fourth-order valence-electron chi connectivity index (χ4n) is 2.16. The summed E-state index contributed by atoms with van der Waals surface area (Å²) in [6.45, 7) is 9.27. The van der Waals surface area contributed by atoms with E-state index in [4.69, 9.17) is 8.92 Å². The van der Waals surface area contributed by atoms with Gasteiger partial charge in [-0.2, -0.15) is 8.42 Å². The van der Waals surface area contributed by atoms with Crippen LogP contribution in [-0.2, 0) is 19.0 Å². The maximum Gasteiger partial charge on any atom is 0.297 e. The molecule has 138 valence electrons. The molecular formula is C17H28FO4PS. The molecule has 1 aromatic rings. The highest BCUT2D eigenvalue weighted by Crippen LogP contribution is 2.45. The van der Waals surface area contributed by atoms with Crippen LogP contribution < -0.4 is 0 Å². The summed E-state index contributed by atoms with van der Waals surface area (Å²) in [4.78, 5) is 0.0670. The minimum atomic E-state index is -3.89. The average Bonchev–Trinajstić information content (AvgIpc) is 2.50. The Balaban J connectivity index is 2.61. The van der Waals surface area contributed by atoms with E-state index in [2.05, 4.69) is 27.7 Å². The molecule has 0 amide bonds. The van der Waals surface area contributed by atoms with Gasteiger partial charge in [-0.25, -0.2) is 4.39 Å². The molecular weight excluding hydrogens is 350 g/mol. The van der Waals surface area contributed by atoms with Crippen molar-refractivity contribution in [2.45, 2.75) is 56.9 Å². The van der Waals surface area contributed by atoms with Gasteiger partial charge in [0.1, 0.15) is 12.8 Å². The van der Waals surface area contributed by atoms with Crippen LogP contribution in [0.25, 0.3) is 0 Å². The van der Waals surface area contributed by atoms with E-state index in [1.54, 1.807) is 12.1 Å². The van der Waals surface area contributed by atoms with E-state index >= 15 is 0 Å². The molecule has 0 heterocycles. The number of rotatable bonds is 10. The zero-order valence-corrected chi connectivity index (χ0v) is 16.7. The molecule has 1 rings (SSSR count). The molecule has 1 aromatic carbocycles. The molecule has 4 nitrogen and oxygen atoms in total. The van der Waals surface area contributed by atoms with E-state index in [9.17, 15) is 12.8 Å². The molecule has 0 aromatic heterocycles. The summed E-state index contributed by atoms with van der Waals surface area (Å²) in [5.41, 5.74) is 1.89. The fourth-order valence-corrected chi connectivity index (χ4v) is 5.27. The van der Waals surface area contributed by atoms with Crippen LogP contribution in [-0.4, -0.2) is 45.5 Å². The largest absolute Gasteiger partial charge is 0.369 e. The topological polar surface area (TPSA) is 52.6 Å². The van der Waals surface area contributed by atoms with Crippen LogP contribution in [0, 0.1) is 6.92 Å². The van der Waals surface area contributed by atoms with Crippen molar-refractivity contribution >= 4 is 18.0 Å². The van der Waals surface area contributed by atoms with Crippen molar-refractivity contribution in [2.75, 3.05) is 19.6 Å². The van der Waals surface area contributed by atoms with Crippen LogP contribution in [0.5, 0.6) is 0 Å². The fraction of sp³-hybridized carbons (Fsp3) is 0.647. The Morgan fingerprint density at radius 1 is 1.08 bits per heavy atom. The normalized spacial score (nSPS) is 13.9. The first-order valence-corrected chi connectivity index (χ1v) is 11.1. The predicted molar refractivity (Wildman–Crippen MR) is 97.2 cm³/mol. The van der Waals surface area contributed by atoms with Gasteiger partial charge in [-0.3, -0.25) is 4.18 Å². The van der Waals surface area contributed by atoms with Crippen molar-refractivity contribution in [3.05, 3.63) is 29.8 Å². The van der Waals surface area contributed by atoms with Gasteiger partial charge >= 0.3 is 0 Å². The number of halogens is 1. The molecule has 7 heteroatoms. The monoisotopic (exact) mass is 378 g/mol. The maximum absolute atomic E-state index is 13.1. The van der Waals surface area contributed by atoms with Crippen molar-refractivity contribution in [3.8, 4) is 0 Å². The molecule has 0 spiro atoms. The van der Waals surface area contributed by atoms with Crippen molar-refractivity contribution in [2.24, 2.45) is 0 Å². The van der Waals surface area contributed by atoms with Crippen LogP contribution in [0.2, 0.25) is 0 Å². The SMILES string of the molecule is Cc1ccc(S(=O)(=O)OC[C@H](CF)OCP(C(C)C)C(C)C)cc1. The molecule has 24 heavy (non-hydrogen) atoms. The molecule has 0 aliphatic heterocycles. The van der Waals surface area contributed by atoms with E-state index in [0.717, 1.165) is 5.56 Å². The minimum absolute atomic E-state index is 0.0670. The van der Waals surface area contributed by atoms with Crippen molar-refractivity contribution < 1.29 is 21.7 Å². The van der Waals surface area contributed by atoms with Crippen LogP contribution in [0.3, 0.4) is 0 Å². The van der Waals surface area contributed by atoms with Gasteiger partial charge in [0.05, 0.1) is 17.9 Å². The van der Waals surface area contributed by atoms with E-state index in [1.165, 1.54) is 12.1 Å². The summed E-state index contributed by atoms with van der Waals surface area (Å²) in [7, 11) is -4.29.